The maximum Gasteiger partial charge on any atom is 0.224 e. The maximum absolute atomic E-state index is 12.2. The summed E-state index contributed by atoms with van der Waals surface area (Å²) in [6.45, 7) is 5.18. The molecule has 1 aromatic carbocycles. The number of nitrogens with zero attached hydrogens (tertiary/aromatic N) is 1. The van der Waals surface area contributed by atoms with Gasteiger partial charge in [-0.25, -0.2) is 0 Å². The van der Waals surface area contributed by atoms with Crippen molar-refractivity contribution in [2.75, 3.05) is 26.2 Å². The van der Waals surface area contributed by atoms with Crippen molar-refractivity contribution in [1.29, 1.82) is 0 Å². The fourth-order valence-electron chi connectivity index (χ4n) is 3.23. The van der Waals surface area contributed by atoms with Gasteiger partial charge in [0, 0.05) is 30.1 Å². The average Bonchev–Trinajstić information content (AvgIpc) is 2.55. The normalized spacial score (nSPS) is 19.7. The van der Waals surface area contributed by atoms with Crippen LogP contribution >= 0.6 is 28.3 Å². The molecule has 1 amide bonds. The molecule has 1 aromatic rings. The molecule has 0 radical (unpaired) electrons. The largest absolute Gasteiger partial charge is 0.355 e. The van der Waals surface area contributed by atoms with Crippen LogP contribution in [-0.4, -0.2) is 37.0 Å². The monoisotopic (exact) mass is 403 g/mol. The molecule has 1 aliphatic rings. The van der Waals surface area contributed by atoms with E-state index in [1.807, 2.05) is 0 Å². The van der Waals surface area contributed by atoms with Gasteiger partial charge in [-0.15, -0.1) is 12.4 Å². The number of carbonyl (C=O) groups excluding carboxylic acids is 1. The summed E-state index contributed by atoms with van der Waals surface area (Å²) in [5, 5.41) is 2.93. The zero-order valence-electron chi connectivity index (χ0n) is 13.6. The average molecular weight is 405 g/mol. The third-order valence-electron chi connectivity index (χ3n) is 4.35. The van der Waals surface area contributed by atoms with Crippen LogP contribution in [0.25, 0.3) is 0 Å². The summed E-state index contributed by atoms with van der Waals surface area (Å²) in [6, 6.07) is 8.92. The Bertz CT molecular complexity index is 483. The number of nitrogens with one attached hydrogen (secondary N) is 1. The molecule has 0 aliphatic carbocycles. The van der Waals surface area contributed by atoms with E-state index in [2.05, 4.69) is 57.3 Å². The number of rotatable bonds is 6. The van der Waals surface area contributed by atoms with Crippen LogP contribution in [-0.2, 0) is 4.79 Å². The van der Waals surface area contributed by atoms with Crippen molar-refractivity contribution in [3.05, 3.63) is 34.3 Å². The van der Waals surface area contributed by atoms with Crippen LogP contribution in [0.3, 0.4) is 0 Å². The van der Waals surface area contributed by atoms with E-state index in [0.717, 1.165) is 36.8 Å². The number of halogens is 2. The Labute approximate surface area is 153 Å². The molecule has 0 saturated carbocycles. The van der Waals surface area contributed by atoms with Gasteiger partial charge in [0.2, 0.25) is 5.91 Å². The van der Waals surface area contributed by atoms with Crippen LogP contribution in [0.4, 0.5) is 0 Å². The first-order valence-electron chi connectivity index (χ1n) is 8.13. The number of nitrogens with two attached hydrogens (primary N) is 1. The van der Waals surface area contributed by atoms with E-state index in [1.54, 1.807) is 0 Å². The molecule has 0 bridgehead atoms. The van der Waals surface area contributed by atoms with Gasteiger partial charge in [0.05, 0.1) is 5.92 Å². The Balaban J connectivity index is 0.00000264. The molecule has 2 atom stereocenters. The van der Waals surface area contributed by atoms with Gasteiger partial charge in [0.25, 0.3) is 0 Å². The van der Waals surface area contributed by atoms with Gasteiger partial charge in [-0.2, -0.15) is 0 Å². The standard InChI is InChI=1S/C17H26BrN3O.ClH/c1-2-16(13-5-7-15(18)8-6-13)21-11-3-4-14(12-21)17(22)20-10-9-19;/h5-8,14,16H,2-4,9-12,19H2,1H3,(H,20,22);1H. The predicted octanol–water partition coefficient (Wildman–Crippen LogP) is 3.11. The number of carbonyl (C=O) groups is 1. The fraction of sp³-hybridized carbons (Fsp3) is 0.588. The molecule has 130 valence electrons. The molecule has 6 heteroatoms. The smallest absolute Gasteiger partial charge is 0.224 e. The minimum atomic E-state index is 0. The highest BCUT2D eigenvalue weighted by atomic mass is 79.9. The van der Waals surface area contributed by atoms with Crippen LogP contribution < -0.4 is 11.1 Å². The summed E-state index contributed by atoms with van der Waals surface area (Å²) in [5.41, 5.74) is 6.79. The Morgan fingerprint density at radius 3 is 2.74 bits per heavy atom. The Hall–Kier alpha value is -0.620. The second-order valence-corrected chi connectivity index (χ2v) is 6.81. The molecule has 1 aliphatic heterocycles. The van der Waals surface area contributed by atoms with Gasteiger partial charge < -0.3 is 11.1 Å². The number of hydrogen-bond acceptors (Lipinski definition) is 3. The van der Waals surface area contributed by atoms with Gasteiger partial charge in [-0.1, -0.05) is 35.0 Å². The summed E-state index contributed by atoms with van der Waals surface area (Å²) in [7, 11) is 0. The quantitative estimate of drug-likeness (QED) is 0.766. The van der Waals surface area contributed by atoms with E-state index in [1.165, 1.54) is 5.56 Å². The van der Waals surface area contributed by atoms with Crippen LogP contribution in [0.15, 0.2) is 28.7 Å². The highest BCUT2D eigenvalue weighted by Crippen LogP contribution is 2.30. The van der Waals surface area contributed by atoms with Crippen molar-refractivity contribution in [3.63, 3.8) is 0 Å². The Morgan fingerprint density at radius 2 is 2.13 bits per heavy atom. The third-order valence-corrected chi connectivity index (χ3v) is 4.88. The number of amides is 1. The first-order valence-corrected chi connectivity index (χ1v) is 8.92. The Kier molecular flexibility index (Phi) is 9.14. The fourth-order valence-corrected chi connectivity index (χ4v) is 3.50. The van der Waals surface area contributed by atoms with Gasteiger partial charge in [-0.05, 0) is 43.5 Å². The van der Waals surface area contributed by atoms with E-state index in [4.69, 9.17) is 5.73 Å². The van der Waals surface area contributed by atoms with Crippen LogP contribution in [0.2, 0.25) is 0 Å². The molecule has 4 nitrogen and oxygen atoms in total. The lowest BCUT2D eigenvalue weighted by molar-refractivity contribution is -0.127. The SMILES string of the molecule is CCC(c1ccc(Br)cc1)N1CCCC(C(=O)NCCN)C1.Cl. The van der Waals surface area contributed by atoms with E-state index < -0.39 is 0 Å². The predicted molar refractivity (Wildman–Crippen MR) is 101 cm³/mol. The van der Waals surface area contributed by atoms with Crippen molar-refractivity contribution in [1.82, 2.24) is 10.2 Å². The minimum absolute atomic E-state index is 0. The maximum atomic E-state index is 12.2. The molecule has 1 fully saturated rings. The molecule has 0 aromatic heterocycles. The number of benzene rings is 1. The molecule has 23 heavy (non-hydrogen) atoms. The van der Waals surface area contributed by atoms with Gasteiger partial charge in [-0.3, -0.25) is 9.69 Å². The van der Waals surface area contributed by atoms with E-state index in [-0.39, 0.29) is 24.2 Å². The lowest BCUT2D eigenvalue weighted by Gasteiger charge is -2.37. The van der Waals surface area contributed by atoms with Crippen molar-refractivity contribution >= 4 is 34.2 Å². The van der Waals surface area contributed by atoms with Crippen molar-refractivity contribution in [2.24, 2.45) is 11.7 Å². The molecule has 0 spiro atoms. The molecule has 2 rings (SSSR count). The van der Waals surface area contributed by atoms with Gasteiger partial charge in [0.15, 0.2) is 0 Å². The van der Waals surface area contributed by atoms with Crippen LogP contribution in [0.5, 0.6) is 0 Å². The summed E-state index contributed by atoms with van der Waals surface area (Å²) in [5.74, 6) is 0.241. The lowest BCUT2D eigenvalue weighted by Crippen LogP contribution is -2.45. The lowest BCUT2D eigenvalue weighted by atomic mass is 9.93. The second-order valence-electron chi connectivity index (χ2n) is 5.89. The summed E-state index contributed by atoms with van der Waals surface area (Å²) in [4.78, 5) is 14.7. The first kappa shape index (κ1) is 20.4. The van der Waals surface area contributed by atoms with E-state index in [0.29, 0.717) is 19.1 Å². The van der Waals surface area contributed by atoms with Crippen molar-refractivity contribution < 1.29 is 4.79 Å². The molecule has 1 heterocycles. The summed E-state index contributed by atoms with van der Waals surface area (Å²) < 4.78 is 1.10. The number of hydrogen-bond donors (Lipinski definition) is 2. The Morgan fingerprint density at radius 1 is 1.43 bits per heavy atom. The molecular formula is C17H27BrClN3O. The zero-order chi connectivity index (χ0) is 15.9. The first-order chi connectivity index (χ1) is 10.7. The summed E-state index contributed by atoms with van der Waals surface area (Å²) >= 11 is 3.49. The number of likely N-dealkylation sites (tertiary alicyclic amines) is 1. The topological polar surface area (TPSA) is 58.4 Å². The van der Waals surface area contributed by atoms with Crippen molar-refractivity contribution in [2.45, 2.75) is 32.2 Å². The molecule has 1 saturated heterocycles. The minimum Gasteiger partial charge on any atom is -0.355 e. The molecular weight excluding hydrogens is 378 g/mol. The third kappa shape index (κ3) is 5.75. The zero-order valence-corrected chi connectivity index (χ0v) is 16.0. The van der Waals surface area contributed by atoms with Crippen molar-refractivity contribution in [3.8, 4) is 0 Å². The van der Waals surface area contributed by atoms with Crippen LogP contribution in [0.1, 0.15) is 37.8 Å². The highest BCUT2D eigenvalue weighted by Gasteiger charge is 2.29. The summed E-state index contributed by atoms with van der Waals surface area (Å²) in [6.07, 6.45) is 3.11. The second kappa shape index (κ2) is 10.3. The van der Waals surface area contributed by atoms with Gasteiger partial charge >= 0.3 is 0 Å². The highest BCUT2D eigenvalue weighted by molar-refractivity contribution is 9.10. The molecule has 2 unspecified atom stereocenters. The van der Waals surface area contributed by atoms with E-state index >= 15 is 0 Å². The number of piperidine rings is 1. The van der Waals surface area contributed by atoms with Gasteiger partial charge in [0.1, 0.15) is 0 Å². The molecule has 3 N–H and O–H groups in total. The van der Waals surface area contributed by atoms with Crippen LogP contribution in [0, 0.1) is 5.92 Å². The van der Waals surface area contributed by atoms with E-state index in [9.17, 15) is 4.79 Å².